The van der Waals surface area contributed by atoms with Gasteiger partial charge >= 0.3 is 0 Å². The lowest BCUT2D eigenvalue weighted by molar-refractivity contribution is 0.139. The number of phenols is 1. The van der Waals surface area contributed by atoms with E-state index in [0.717, 1.165) is 6.04 Å². The first-order valence-electron chi connectivity index (χ1n) is 7.77. The third-order valence-corrected chi connectivity index (χ3v) is 5.23. The van der Waals surface area contributed by atoms with E-state index in [-0.39, 0.29) is 17.0 Å². The molecule has 2 aliphatic rings. The van der Waals surface area contributed by atoms with Gasteiger partial charge in [0.2, 0.25) is 0 Å². The molecule has 2 bridgehead atoms. The van der Waals surface area contributed by atoms with Crippen molar-refractivity contribution in [1.82, 2.24) is 4.90 Å². The molecule has 1 N–H and O–H groups in total. The van der Waals surface area contributed by atoms with E-state index in [1.807, 2.05) is 12.1 Å². The van der Waals surface area contributed by atoms with Crippen molar-refractivity contribution < 1.29 is 5.11 Å². The fraction of sp³-hybridized carbons (Fsp3) is 0.647. The van der Waals surface area contributed by atoms with Crippen molar-refractivity contribution in [3.05, 3.63) is 29.8 Å². The van der Waals surface area contributed by atoms with Gasteiger partial charge in [-0.25, -0.2) is 0 Å². The fourth-order valence-electron chi connectivity index (χ4n) is 4.07. The highest BCUT2D eigenvalue weighted by Crippen LogP contribution is 2.49. The van der Waals surface area contributed by atoms with Gasteiger partial charge in [-0.2, -0.15) is 0 Å². The highest BCUT2D eigenvalue weighted by Gasteiger charge is 2.45. The molecule has 3 rings (SSSR count). The molecular weight excluding hydrogens is 314 g/mol. The van der Waals surface area contributed by atoms with Gasteiger partial charge in [0.05, 0.1) is 0 Å². The van der Waals surface area contributed by atoms with Crippen LogP contribution in [0.2, 0.25) is 0 Å². The summed E-state index contributed by atoms with van der Waals surface area (Å²) in [6.45, 7) is 4.78. The largest absolute Gasteiger partial charge is 0.508 e. The molecule has 0 spiro atoms. The van der Waals surface area contributed by atoms with Crippen LogP contribution in [0.3, 0.4) is 0 Å². The van der Waals surface area contributed by atoms with E-state index in [0.29, 0.717) is 11.2 Å². The first-order chi connectivity index (χ1) is 9.23. The van der Waals surface area contributed by atoms with E-state index >= 15 is 0 Å². The number of hydrogen-bond donors (Lipinski definition) is 1. The van der Waals surface area contributed by atoms with E-state index in [1.54, 1.807) is 6.07 Å². The molecule has 2 atom stereocenters. The van der Waals surface area contributed by atoms with Gasteiger partial charge in [0.1, 0.15) is 5.75 Å². The summed E-state index contributed by atoms with van der Waals surface area (Å²) >= 11 is 0. The number of aromatic hydroxyl groups is 1. The lowest BCUT2D eigenvalue weighted by Crippen LogP contribution is -2.43. The zero-order valence-corrected chi connectivity index (χ0v) is 14.1. The molecule has 1 heterocycles. The Labute approximate surface area is 133 Å². The molecule has 2 nitrogen and oxygen atoms in total. The van der Waals surface area contributed by atoms with E-state index in [4.69, 9.17) is 0 Å². The zero-order valence-electron chi connectivity index (χ0n) is 12.3. The normalized spacial score (nSPS) is 29.1. The zero-order chi connectivity index (χ0) is 13.3. The Kier molecular flexibility index (Phi) is 5.14. The molecular formula is C17H26BrNO. The number of halogens is 1. The van der Waals surface area contributed by atoms with Crippen LogP contribution < -0.4 is 0 Å². The average Bonchev–Trinajstić information content (AvgIpc) is 2.78. The van der Waals surface area contributed by atoms with Gasteiger partial charge < -0.3 is 10.0 Å². The van der Waals surface area contributed by atoms with Gasteiger partial charge in [0.25, 0.3) is 0 Å². The SMILES string of the molecule is Br.CCCCN1CCC2(c3cccc(O)c3)CCC1C2. The highest BCUT2D eigenvalue weighted by atomic mass is 79.9. The fourth-order valence-corrected chi connectivity index (χ4v) is 4.07. The lowest BCUT2D eigenvalue weighted by atomic mass is 9.74. The molecule has 3 heteroatoms. The number of unbranched alkanes of at least 4 members (excludes halogenated alkanes) is 1. The number of benzene rings is 1. The van der Waals surface area contributed by atoms with Gasteiger partial charge in [0.15, 0.2) is 0 Å². The molecule has 1 aromatic rings. The number of hydrogen-bond acceptors (Lipinski definition) is 2. The van der Waals surface area contributed by atoms with E-state index in [2.05, 4.69) is 17.9 Å². The first-order valence-corrected chi connectivity index (χ1v) is 7.77. The van der Waals surface area contributed by atoms with Crippen molar-refractivity contribution in [3.8, 4) is 5.75 Å². The molecule has 1 saturated heterocycles. The molecule has 0 amide bonds. The minimum Gasteiger partial charge on any atom is -0.508 e. The van der Waals surface area contributed by atoms with Crippen LogP contribution in [-0.4, -0.2) is 29.1 Å². The van der Waals surface area contributed by atoms with E-state index in [9.17, 15) is 5.11 Å². The van der Waals surface area contributed by atoms with Gasteiger partial charge in [0, 0.05) is 6.04 Å². The van der Waals surface area contributed by atoms with Crippen molar-refractivity contribution in [2.75, 3.05) is 13.1 Å². The number of likely N-dealkylation sites (tertiary alicyclic amines) is 1. The van der Waals surface area contributed by atoms with Crippen LogP contribution in [0.4, 0.5) is 0 Å². The predicted molar refractivity (Wildman–Crippen MR) is 88.8 cm³/mol. The van der Waals surface area contributed by atoms with Crippen molar-refractivity contribution >= 4 is 17.0 Å². The van der Waals surface area contributed by atoms with Crippen molar-refractivity contribution in [2.45, 2.75) is 56.9 Å². The predicted octanol–water partition coefficient (Wildman–Crippen LogP) is 4.27. The molecule has 20 heavy (non-hydrogen) atoms. The maximum absolute atomic E-state index is 9.72. The van der Waals surface area contributed by atoms with Crippen molar-refractivity contribution in [3.63, 3.8) is 0 Å². The number of fused-ring (bicyclic) bond motifs is 2. The second-order valence-corrected chi connectivity index (χ2v) is 6.37. The monoisotopic (exact) mass is 339 g/mol. The summed E-state index contributed by atoms with van der Waals surface area (Å²) in [4.78, 5) is 2.71. The van der Waals surface area contributed by atoms with Gasteiger partial charge in [-0.1, -0.05) is 25.5 Å². The number of phenolic OH excluding ortho intramolecular Hbond substituents is 1. The third-order valence-electron chi connectivity index (χ3n) is 5.23. The van der Waals surface area contributed by atoms with Crippen LogP contribution in [0.1, 0.15) is 51.0 Å². The molecule has 0 aromatic heterocycles. The molecule has 1 aliphatic carbocycles. The highest BCUT2D eigenvalue weighted by molar-refractivity contribution is 8.93. The van der Waals surface area contributed by atoms with Crippen LogP contribution in [-0.2, 0) is 5.41 Å². The Morgan fingerprint density at radius 3 is 2.95 bits per heavy atom. The summed E-state index contributed by atoms with van der Waals surface area (Å²) in [7, 11) is 0. The van der Waals surface area contributed by atoms with Crippen molar-refractivity contribution in [2.24, 2.45) is 0 Å². The summed E-state index contributed by atoms with van der Waals surface area (Å²) < 4.78 is 0. The second-order valence-electron chi connectivity index (χ2n) is 6.37. The molecule has 112 valence electrons. The third kappa shape index (κ3) is 2.89. The molecule has 1 aromatic carbocycles. The van der Waals surface area contributed by atoms with Crippen LogP contribution in [0.15, 0.2) is 24.3 Å². The van der Waals surface area contributed by atoms with Crippen molar-refractivity contribution in [1.29, 1.82) is 0 Å². The van der Waals surface area contributed by atoms with Gasteiger partial charge in [-0.05, 0) is 68.3 Å². The van der Waals surface area contributed by atoms with Crippen LogP contribution >= 0.6 is 17.0 Å². The summed E-state index contributed by atoms with van der Waals surface area (Å²) in [6, 6.07) is 8.76. The average molecular weight is 340 g/mol. The Balaban J connectivity index is 0.00000147. The summed E-state index contributed by atoms with van der Waals surface area (Å²) in [5.74, 6) is 0.420. The number of piperidine rings is 1. The second kappa shape index (κ2) is 6.48. The van der Waals surface area contributed by atoms with E-state index < -0.39 is 0 Å². The molecule has 2 unspecified atom stereocenters. The molecule has 1 aliphatic heterocycles. The van der Waals surface area contributed by atoms with Gasteiger partial charge in [-0.3, -0.25) is 0 Å². The minimum atomic E-state index is 0. The van der Waals surface area contributed by atoms with Crippen LogP contribution in [0.5, 0.6) is 5.75 Å². The smallest absolute Gasteiger partial charge is 0.115 e. The van der Waals surface area contributed by atoms with Crippen LogP contribution in [0, 0.1) is 0 Å². The summed E-state index contributed by atoms with van der Waals surface area (Å²) in [6.07, 6.45) is 7.80. The Morgan fingerprint density at radius 1 is 1.35 bits per heavy atom. The Bertz CT molecular complexity index is 450. The molecule has 1 saturated carbocycles. The first kappa shape index (κ1) is 15.8. The van der Waals surface area contributed by atoms with Crippen LogP contribution in [0.25, 0.3) is 0 Å². The number of nitrogens with zero attached hydrogens (tertiary/aromatic N) is 1. The maximum Gasteiger partial charge on any atom is 0.115 e. The van der Waals surface area contributed by atoms with Gasteiger partial charge in [-0.15, -0.1) is 17.0 Å². The topological polar surface area (TPSA) is 23.5 Å². The lowest BCUT2D eigenvalue weighted by Gasteiger charge is -2.40. The summed E-state index contributed by atoms with van der Waals surface area (Å²) in [5.41, 5.74) is 1.72. The maximum atomic E-state index is 9.72. The number of rotatable bonds is 4. The molecule has 0 radical (unpaired) electrons. The quantitative estimate of drug-likeness (QED) is 0.885. The Morgan fingerprint density at radius 2 is 2.20 bits per heavy atom. The van der Waals surface area contributed by atoms with E-state index in [1.165, 1.54) is 57.2 Å². The minimum absolute atomic E-state index is 0. The standard InChI is InChI=1S/C17H25NO.BrH/c1-2-3-10-18-11-9-17(8-7-15(18)13-17)14-5-4-6-16(19)12-14;/h4-6,12,15,19H,2-3,7-11,13H2,1H3;1H. The summed E-state index contributed by atoms with van der Waals surface area (Å²) in [5, 5.41) is 9.72. The Hall–Kier alpha value is -0.540. The molecule has 2 fully saturated rings.